The summed E-state index contributed by atoms with van der Waals surface area (Å²) in [6.07, 6.45) is 6.49. The van der Waals surface area contributed by atoms with E-state index < -0.39 is 0 Å². The molecule has 0 radical (unpaired) electrons. The van der Waals surface area contributed by atoms with Crippen LogP contribution in [0.4, 0.5) is 0 Å². The lowest BCUT2D eigenvalue weighted by Gasteiger charge is -2.27. The lowest BCUT2D eigenvalue weighted by atomic mass is 10.0. The van der Waals surface area contributed by atoms with Crippen LogP contribution in [0.2, 0.25) is 0 Å². The predicted molar refractivity (Wildman–Crippen MR) is 67.6 cm³/mol. The molecule has 2 aliphatic carbocycles. The number of amides is 1. The van der Waals surface area contributed by atoms with Gasteiger partial charge in [-0.05, 0) is 56.4 Å². The summed E-state index contributed by atoms with van der Waals surface area (Å²) in [5.74, 6) is 2.53. The largest absolute Gasteiger partial charge is 0.341 e. The number of hydrogen-bond donors (Lipinski definition) is 1. The predicted octanol–water partition coefficient (Wildman–Crippen LogP) is 1.63. The third-order valence-corrected chi connectivity index (χ3v) is 4.46. The van der Waals surface area contributed by atoms with Crippen LogP contribution < -0.4 is 5.32 Å². The normalized spacial score (nSPS) is 32.8. The number of nitrogens with zero attached hydrogens (tertiary/aromatic N) is 1. The van der Waals surface area contributed by atoms with Crippen molar-refractivity contribution in [3.63, 3.8) is 0 Å². The second-order valence-corrected chi connectivity index (χ2v) is 6.33. The van der Waals surface area contributed by atoms with Gasteiger partial charge in [0.2, 0.25) is 5.91 Å². The summed E-state index contributed by atoms with van der Waals surface area (Å²) in [6.45, 7) is 5.27. The molecule has 1 saturated heterocycles. The molecule has 2 atom stereocenters. The minimum Gasteiger partial charge on any atom is -0.341 e. The summed E-state index contributed by atoms with van der Waals surface area (Å²) in [4.78, 5) is 14.7. The number of rotatable bonds is 5. The fourth-order valence-electron chi connectivity index (χ4n) is 2.84. The van der Waals surface area contributed by atoms with Gasteiger partial charge in [-0.2, -0.15) is 0 Å². The summed E-state index contributed by atoms with van der Waals surface area (Å²) >= 11 is 0. The van der Waals surface area contributed by atoms with Crippen molar-refractivity contribution in [3.8, 4) is 0 Å². The fraction of sp³-hybridized carbons (Fsp3) is 0.929. The molecule has 3 rings (SSSR count). The Hall–Kier alpha value is -0.570. The van der Waals surface area contributed by atoms with Crippen LogP contribution in [0, 0.1) is 17.8 Å². The highest BCUT2D eigenvalue weighted by Gasteiger charge is 2.37. The van der Waals surface area contributed by atoms with Gasteiger partial charge in [-0.1, -0.05) is 6.92 Å². The topological polar surface area (TPSA) is 32.3 Å². The molecule has 2 saturated carbocycles. The Labute approximate surface area is 104 Å². The van der Waals surface area contributed by atoms with E-state index in [0.717, 1.165) is 37.9 Å². The van der Waals surface area contributed by atoms with Crippen molar-refractivity contribution in [2.45, 2.75) is 45.1 Å². The van der Waals surface area contributed by atoms with E-state index in [0.29, 0.717) is 11.8 Å². The van der Waals surface area contributed by atoms with Crippen LogP contribution in [0.5, 0.6) is 0 Å². The minimum absolute atomic E-state index is 0.104. The summed E-state index contributed by atoms with van der Waals surface area (Å²) in [7, 11) is 0. The lowest BCUT2D eigenvalue weighted by Crippen LogP contribution is -2.47. The first-order chi connectivity index (χ1) is 8.24. The van der Waals surface area contributed by atoms with Gasteiger partial charge in [-0.3, -0.25) is 4.79 Å². The molecule has 2 unspecified atom stereocenters. The maximum atomic E-state index is 12.5. The average Bonchev–Trinajstić information content (AvgIpc) is 3.21. The second kappa shape index (κ2) is 4.60. The Morgan fingerprint density at radius 2 is 1.71 bits per heavy atom. The first-order valence-electron chi connectivity index (χ1n) is 7.26. The van der Waals surface area contributed by atoms with Crippen molar-refractivity contribution in [2.24, 2.45) is 17.8 Å². The summed E-state index contributed by atoms with van der Waals surface area (Å²) < 4.78 is 0. The Kier molecular flexibility index (Phi) is 3.12. The van der Waals surface area contributed by atoms with Crippen molar-refractivity contribution in [2.75, 3.05) is 19.6 Å². The Balaban J connectivity index is 1.60. The molecule has 0 aromatic carbocycles. The van der Waals surface area contributed by atoms with E-state index in [9.17, 15) is 4.79 Å². The molecule has 3 nitrogen and oxygen atoms in total. The highest BCUT2D eigenvalue weighted by atomic mass is 16.2. The molecule has 0 spiro atoms. The Morgan fingerprint density at radius 1 is 1.12 bits per heavy atom. The Bertz CT molecular complexity index is 283. The maximum absolute atomic E-state index is 12.5. The smallest absolute Gasteiger partial charge is 0.240 e. The quantitative estimate of drug-likeness (QED) is 0.787. The summed E-state index contributed by atoms with van der Waals surface area (Å²) in [6, 6.07) is 0.104. The number of carbonyl (C=O) groups is 1. The van der Waals surface area contributed by atoms with Gasteiger partial charge >= 0.3 is 0 Å². The van der Waals surface area contributed by atoms with Crippen LogP contribution in [0.3, 0.4) is 0 Å². The van der Waals surface area contributed by atoms with Crippen LogP contribution >= 0.6 is 0 Å². The van der Waals surface area contributed by atoms with Gasteiger partial charge in [-0.15, -0.1) is 0 Å². The molecule has 0 bridgehead atoms. The van der Waals surface area contributed by atoms with Gasteiger partial charge in [-0.25, -0.2) is 0 Å². The zero-order valence-corrected chi connectivity index (χ0v) is 10.8. The minimum atomic E-state index is 0.104. The molecule has 0 aromatic heterocycles. The van der Waals surface area contributed by atoms with Gasteiger partial charge in [0.1, 0.15) is 0 Å². The van der Waals surface area contributed by atoms with Crippen molar-refractivity contribution in [1.29, 1.82) is 0 Å². The molecule has 1 amide bonds. The van der Waals surface area contributed by atoms with Crippen LogP contribution in [0.1, 0.15) is 39.0 Å². The van der Waals surface area contributed by atoms with Crippen molar-refractivity contribution >= 4 is 5.91 Å². The highest BCUT2D eigenvalue weighted by molar-refractivity contribution is 5.82. The zero-order valence-electron chi connectivity index (χ0n) is 10.8. The molecular weight excluding hydrogens is 212 g/mol. The van der Waals surface area contributed by atoms with Crippen molar-refractivity contribution < 1.29 is 4.79 Å². The highest BCUT2D eigenvalue weighted by Crippen LogP contribution is 2.34. The molecule has 0 aromatic rings. The summed E-state index contributed by atoms with van der Waals surface area (Å²) in [5, 5.41) is 3.38. The molecule has 96 valence electrons. The molecule has 3 heteroatoms. The fourth-order valence-corrected chi connectivity index (χ4v) is 2.84. The van der Waals surface area contributed by atoms with E-state index >= 15 is 0 Å². The van der Waals surface area contributed by atoms with Crippen LogP contribution in [-0.2, 0) is 4.79 Å². The molecule has 1 heterocycles. The van der Waals surface area contributed by atoms with E-state index in [2.05, 4.69) is 17.1 Å². The van der Waals surface area contributed by atoms with Crippen molar-refractivity contribution in [1.82, 2.24) is 10.2 Å². The van der Waals surface area contributed by atoms with Crippen LogP contribution in [0.25, 0.3) is 0 Å². The van der Waals surface area contributed by atoms with E-state index in [1.165, 1.54) is 25.7 Å². The molecule has 3 fully saturated rings. The molecule has 1 N–H and O–H groups in total. The maximum Gasteiger partial charge on any atom is 0.240 e. The number of nitrogens with one attached hydrogen (secondary N) is 1. The molecule has 17 heavy (non-hydrogen) atoms. The van der Waals surface area contributed by atoms with Gasteiger partial charge < -0.3 is 10.2 Å². The van der Waals surface area contributed by atoms with Crippen molar-refractivity contribution in [3.05, 3.63) is 0 Å². The zero-order chi connectivity index (χ0) is 11.8. The van der Waals surface area contributed by atoms with E-state index in [1.54, 1.807) is 0 Å². The lowest BCUT2D eigenvalue weighted by molar-refractivity contribution is -0.134. The van der Waals surface area contributed by atoms with Gasteiger partial charge in [0.25, 0.3) is 0 Å². The molecular formula is C14H24N2O. The van der Waals surface area contributed by atoms with Gasteiger partial charge in [0.05, 0.1) is 6.04 Å². The second-order valence-electron chi connectivity index (χ2n) is 6.33. The summed E-state index contributed by atoms with van der Waals surface area (Å²) in [5.41, 5.74) is 0. The number of carbonyl (C=O) groups excluding carboxylic acids is 1. The van der Waals surface area contributed by atoms with Gasteiger partial charge in [0, 0.05) is 13.1 Å². The SMILES string of the molecule is CC1CCNC1C(=O)N(CC1CC1)CC1CC1. The monoisotopic (exact) mass is 236 g/mol. The number of hydrogen-bond acceptors (Lipinski definition) is 2. The van der Waals surface area contributed by atoms with Gasteiger partial charge in [0.15, 0.2) is 0 Å². The van der Waals surface area contributed by atoms with E-state index in [4.69, 9.17) is 0 Å². The van der Waals surface area contributed by atoms with E-state index in [-0.39, 0.29) is 6.04 Å². The molecule has 3 aliphatic rings. The van der Waals surface area contributed by atoms with E-state index in [1.807, 2.05) is 0 Å². The first-order valence-corrected chi connectivity index (χ1v) is 7.26. The van der Waals surface area contributed by atoms with Crippen LogP contribution in [-0.4, -0.2) is 36.5 Å². The average molecular weight is 236 g/mol. The first kappa shape index (κ1) is 11.5. The third-order valence-electron chi connectivity index (χ3n) is 4.46. The Morgan fingerprint density at radius 3 is 2.12 bits per heavy atom. The third kappa shape index (κ3) is 2.82. The molecule has 1 aliphatic heterocycles. The standard InChI is InChI=1S/C14H24N2O/c1-10-6-7-15-13(10)14(17)16(8-11-2-3-11)9-12-4-5-12/h10-13,15H,2-9H2,1H3. The van der Waals surface area contributed by atoms with Crippen LogP contribution in [0.15, 0.2) is 0 Å².